The molecule has 0 aromatic carbocycles. The van der Waals surface area contributed by atoms with Gasteiger partial charge in [-0.05, 0) is 6.42 Å². The van der Waals surface area contributed by atoms with Crippen molar-refractivity contribution in [3.05, 3.63) is 6.42 Å². The maximum atomic E-state index is 11.7. The van der Waals surface area contributed by atoms with Crippen molar-refractivity contribution in [3.63, 3.8) is 0 Å². The maximum absolute atomic E-state index is 11.7. The molecule has 1 unspecified atom stereocenters. The normalized spacial score (nSPS) is 14.5. The van der Waals surface area contributed by atoms with E-state index in [0.717, 1.165) is 0 Å². The van der Waals surface area contributed by atoms with Crippen molar-refractivity contribution in [1.29, 1.82) is 0 Å². The van der Waals surface area contributed by atoms with Crippen LogP contribution in [-0.2, 0) is 0 Å². The summed E-state index contributed by atoms with van der Waals surface area (Å²) in [7, 11) is 0. The van der Waals surface area contributed by atoms with Crippen LogP contribution in [0.15, 0.2) is 0 Å². The summed E-state index contributed by atoms with van der Waals surface area (Å²) in [6.45, 7) is 1.76. The summed E-state index contributed by atoms with van der Waals surface area (Å²) < 4.78 is 11.7. The van der Waals surface area contributed by atoms with Gasteiger partial charge in [-0.15, -0.1) is 0 Å². The molecule has 0 aliphatic carbocycles. The Balaban J connectivity index is 2.75. The summed E-state index contributed by atoms with van der Waals surface area (Å²) in [5.41, 5.74) is 4.88. The number of alkyl halides is 1. The Morgan fingerprint density at radius 1 is 2.00 bits per heavy atom. The lowest BCUT2D eigenvalue weighted by Gasteiger charge is -1.94. The van der Waals surface area contributed by atoms with Gasteiger partial charge in [-0.2, -0.15) is 0 Å². The number of rotatable bonds is 2. The summed E-state index contributed by atoms with van der Waals surface area (Å²) >= 11 is 0. The first kappa shape index (κ1) is 5.89. The quantitative estimate of drug-likeness (QED) is 0.525. The SMILES string of the molecule is C[CH]C(F)CN. The largest absolute Gasteiger partial charge is 0.328 e. The second kappa shape index (κ2) is 3.09. The molecule has 0 heterocycles. The predicted molar refractivity (Wildman–Crippen MR) is 23.9 cm³/mol. The molecule has 1 atom stereocenters. The van der Waals surface area contributed by atoms with Gasteiger partial charge in [0.15, 0.2) is 0 Å². The third kappa shape index (κ3) is 2.15. The summed E-state index contributed by atoms with van der Waals surface area (Å²) in [5.74, 6) is 0. The summed E-state index contributed by atoms with van der Waals surface area (Å²) in [6, 6.07) is 0. The molecule has 6 heavy (non-hydrogen) atoms. The first-order chi connectivity index (χ1) is 2.81. The smallest absolute Gasteiger partial charge is 0.115 e. The van der Waals surface area contributed by atoms with E-state index in [0.29, 0.717) is 0 Å². The Hall–Kier alpha value is -0.110. The van der Waals surface area contributed by atoms with E-state index in [-0.39, 0.29) is 6.54 Å². The molecule has 0 amide bonds. The molecule has 0 aliphatic rings. The van der Waals surface area contributed by atoms with Gasteiger partial charge in [-0.25, -0.2) is 4.39 Å². The fraction of sp³-hybridized carbons (Fsp3) is 0.750. The third-order valence-corrected chi connectivity index (χ3v) is 0.587. The molecule has 0 bridgehead atoms. The highest BCUT2D eigenvalue weighted by molar-refractivity contribution is 4.69. The van der Waals surface area contributed by atoms with Gasteiger partial charge >= 0.3 is 0 Å². The van der Waals surface area contributed by atoms with E-state index in [1.54, 1.807) is 6.92 Å². The van der Waals surface area contributed by atoms with Gasteiger partial charge in [0.25, 0.3) is 0 Å². The third-order valence-electron chi connectivity index (χ3n) is 0.587. The molecule has 0 saturated heterocycles. The highest BCUT2D eigenvalue weighted by Gasteiger charge is 1.94. The average molecular weight is 90.1 g/mol. The Kier molecular flexibility index (Phi) is 3.04. The monoisotopic (exact) mass is 90.1 g/mol. The number of hydrogen-bond acceptors (Lipinski definition) is 1. The summed E-state index contributed by atoms with van der Waals surface area (Å²) in [4.78, 5) is 0. The van der Waals surface area contributed by atoms with Crippen LogP contribution in [-0.4, -0.2) is 12.7 Å². The Morgan fingerprint density at radius 2 is 2.50 bits per heavy atom. The van der Waals surface area contributed by atoms with Crippen LogP contribution < -0.4 is 5.73 Å². The van der Waals surface area contributed by atoms with Gasteiger partial charge < -0.3 is 5.73 Å². The highest BCUT2D eigenvalue weighted by atomic mass is 19.1. The fourth-order valence-corrected chi connectivity index (χ4v) is 0.136. The van der Waals surface area contributed by atoms with Crippen LogP contribution in [0, 0.1) is 6.42 Å². The first-order valence-corrected chi connectivity index (χ1v) is 1.95. The Morgan fingerprint density at radius 3 is 2.50 bits per heavy atom. The summed E-state index contributed by atoms with van der Waals surface area (Å²) in [5, 5.41) is 0. The van der Waals surface area contributed by atoms with E-state index in [4.69, 9.17) is 5.73 Å². The molecule has 0 rings (SSSR count). The van der Waals surface area contributed by atoms with Gasteiger partial charge in [-0.1, -0.05) is 6.92 Å². The lowest BCUT2D eigenvalue weighted by Crippen LogP contribution is -2.13. The van der Waals surface area contributed by atoms with E-state index in [1.165, 1.54) is 6.42 Å². The lowest BCUT2D eigenvalue weighted by molar-refractivity contribution is 0.385. The highest BCUT2D eigenvalue weighted by Crippen LogP contribution is 1.88. The van der Waals surface area contributed by atoms with E-state index in [1.807, 2.05) is 0 Å². The van der Waals surface area contributed by atoms with Crippen LogP contribution in [0.4, 0.5) is 4.39 Å². The van der Waals surface area contributed by atoms with Crippen molar-refractivity contribution in [1.82, 2.24) is 0 Å². The number of nitrogens with two attached hydrogens (primary N) is 1. The van der Waals surface area contributed by atoms with Gasteiger partial charge in [0.2, 0.25) is 0 Å². The van der Waals surface area contributed by atoms with Crippen LogP contribution >= 0.6 is 0 Å². The minimum Gasteiger partial charge on any atom is -0.328 e. The lowest BCUT2D eigenvalue weighted by atomic mass is 10.3. The predicted octanol–water partition coefficient (Wildman–Crippen LogP) is 0.507. The Labute approximate surface area is 37.3 Å². The molecule has 0 aromatic heterocycles. The standard InChI is InChI=1S/C4H9FN/c1-2-4(5)3-6/h2,4H,3,6H2,1H3. The van der Waals surface area contributed by atoms with Crippen molar-refractivity contribution >= 4 is 0 Å². The molecular formula is C4H9FN. The van der Waals surface area contributed by atoms with Gasteiger partial charge in [0, 0.05) is 6.54 Å². The summed E-state index contributed by atoms with van der Waals surface area (Å²) in [6.07, 6.45) is 0.519. The fourth-order valence-electron chi connectivity index (χ4n) is 0.136. The van der Waals surface area contributed by atoms with Crippen LogP contribution in [0.25, 0.3) is 0 Å². The van der Waals surface area contributed by atoms with Gasteiger partial charge in [-0.3, -0.25) is 0 Å². The van der Waals surface area contributed by atoms with Crippen LogP contribution in [0.3, 0.4) is 0 Å². The minimum atomic E-state index is -0.912. The zero-order chi connectivity index (χ0) is 4.99. The maximum Gasteiger partial charge on any atom is 0.115 e. The van der Waals surface area contributed by atoms with Gasteiger partial charge in [0.05, 0.1) is 0 Å². The van der Waals surface area contributed by atoms with E-state index >= 15 is 0 Å². The van der Waals surface area contributed by atoms with E-state index in [2.05, 4.69) is 0 Å². The molecular weight excluding hydrogens is 81.0 g/mol. The molecule has 0 saturated carbocycles. The zero-order valence-corrected chi connectivity index (χ0v) is 3.82. The second-order valence-corrected chi connectivity index (χ2v) is 1.09. The average Bonchev–Trinajstić information content (AvgIpc) is 1.65. The van der Waals surface area contributed by atoms with Crippen molar-refractivity contribution in [2.24, 2.45) is 5.73 Å². The van der Waals surface area contributed by atoms with E-state index < -0.39 is 6.17 Å². The van der Waals surface area contributed by atoms with Crippen molar-refractivity contribution in [2.45, 2.75) is 13.1 Å². The van der Waals surface area contributed by atoms with Crippen molar-refractivity contribution < 1.29 is 4.39 Å². The first-order valence-electron chi connectivity index (χ1n) is 1.95. The molecule has 0 aliphatic heterocycles. The Bertz CT molecular complexity index is 26.7. The molecule has 0 fully saturated rings. The molecule has 0 aromatic rings. The molecule has 0 spiro atoms. The van der Waals surface area contributed by atoms with Crippen LogP contribution in [0.1, 0.15) is 6.92 Å². The molecule has 1 radical (unpaired) electrons. The number of halogens is 1. The number of hydrogen-bond donors (Lipinski definition) is 1. The van der Waals surface area contributed by atoms with Crippen LogP contribution in [0.5, 0.6) is 0 Å². The topological polar surface area (TPSA) is 26.0 Å². The van der Waals surface area contributed by atoms with Crippen LogP contribution in [0.2, 0.25) is 0 Å². The molecule has 2 heteroatoms. The second-order valence-electron chi connectivity index (χ2n) is 1.09. The van der Waals surface area contributed by atoms with Gasteiger partial charge in [0.1, 0.15) is 6.17 Å². The van der Waals surface area contributed by atoms with Crippen molar-refractivity contribution in [3.8, 4) is 0 Å². The minimum absolute atomic E-state index is 0.108. The zero-order valence-electron chi connectivity index (χ0n) is 3.82. The molecule has 2 N–H and O–H groups in total. The molecule has 37 valence electrons. The van der Waals surface area contributed by atoms with E-state index in [9.17, 15) is 4.39 Å². The van der Waals surface area contributed by atoms with Crippen molar-refractivity contribution in [2.75, 3.05) is 6.54 Å². The molecule has 1 nitrogen and oxygen atoms in total.